The summed E-state index contributed by atoms with van der Waals surface area (Å²) in [6, 6.07) is -0.134. The molecule has 1 heterocycles. The summed E-state index contributed by atoms with van der Waals surface area (Å²) in [5.41, 5.74) is 0. The Labute approximate surface area is 58.2 Å². The first-order valence-electron chi connectivity index (χ1n) is 2.88. The molecule has 0 saturated carbocycles. The van der Waals surface area contributed by atoms with Crippen LogP contribution in [0.5, 0.6) is 0 Å². The normalized spacial score (nSPS) is 52.0. The highest BCUT2D eigenvalue weighted by atomic mass is 32.2. The van der Waals surface area contributed by atoms with Gasteiger partial charge in [-0.25, -0.2) is 0 Å². The van der Waals surface area contributed by atoms with Crippen LogP contribution in [0.3, 0.4) is 0 Å². The van der Waals surface area contributed by atoms with Gasteiger partial charge in [0.05, 0.1) is 0 Å². The lowest BCUT2D eigenvalue weighted by atomic mass is 10.2. The van der Waals surface area contributed by atoms with Crippen molar-refractivity contribution in [2.24, 2.45) is 0 Å². The highest BCUT2D eigenvalue weighted by Gasteiger charge is 2.36. The summed E-state index contributed by atoms with van der Waals surface area (Å²) in [4.78, 5) is 0. The van der Waals surface area contributed by atoms with Crippen molar-refractivity contribution in [3.05, 3.63) is 10.4 Å². The average Bonchev–Trinajstić information content (AvgIpc) is 1.98. The van der Waals surface area contributed by atoms with Crippen LogP contribution in [0.15, 0.2) is 0 Å². The van der Waals surface area contributed by atoms with Gasteiger partial charge in [0.15, 0.2) is 12.1 Å². The van der Waals surface area contributed by atoms with E-state index >= 15 is 0 Å². The molecule has 0 bridgehead atoms. The number of nitrogens with one attached hydrogen (secondary N) is 2. The maximum absolute atomic E-state index is 10.7. The van der Waals surface area contributed by atoms with Gasteiger partial charge in [-0.3, -0.25) is 8.94 Å². The van der Waals surface area contributed by atoms with E-state index in [4.69, 9.17) is 0 Å². The van der Waals surface area contributed by atoms with Crippen LogP contribution in [-0.2, 0) is 0 Å². The first-order chi connectivity index (χ1) is 4.13. The molecule has 4 unspecified atom stereocenters. The standard InChI is InChI=1S/C4H10N2O2S/c1-3-4(2)6(8)9-5(3)7/h3-6H,1-2H3. The summed E-state index contributed by atoms with van der Waals surface area (Å²) >= 11 is 0.859. The number of quaternary nitrogens is 2. The zero-order chi connectivity index (χ0) is 7.02. The molecule has 2 N–H and O–H groups in total. The summed E-state index contributed by atoms with van der Waals surface area (Å²) in [7, 11) is 0. The van der Waals surface area contributed by atoms with Crippen LogP contribution >= 0.6 is 12.1 Å². The molecule has 0 aliphatic carbocycles. The van der Waals surface area contributed by atoms with E-state index in [1.54, 1.807) is 13.8 Å². The first kappa shape index (κ1) is 7.30. The molecule has 0 aromatic heterocycles. The molecule has 5 heteroatoms. The van der Waals surface area contributed by atoms with E-state index in [0.29, 0.717) is 0 Å². The second-order valence-electron chi connectivity index (χ2n) is 2.32. The summed E-state index contributed by atoms with van der Waals surface area (Å²) in [5.74, 6) is 0. The largest absolute Gasteiger partial charge is 0.617 e. The molecular formula is C4H10N2O2S. The van der Waals surface area contributed by atoms with Crippen LogP contribution in [0, 0.1) is 10.4 Å². The van der Waals surface area contributed by atoms with Crippen molar-refractivity contribution in [3.8, 4) is 0 Å². The van der Waals surface area contributed by atoms with Crippen molar-refractivity contribution in [1.29, 1.82) is 0 Å². The third-order valence-corrected chi connectivity index (χ3v) is 2.84. The monoisotopic (exact) mass is 150 g/mol. The summed E-state index contributed by atoms with van der Waals surface area (Å²) in [5, 5.41) is 21.5. The maximum Gasteiger partial charge on any atom is 0.321 e. The van der Waals surface area contributed by atoms with Gasteiger partial charge in [0.2, 0.25) is 0 Å². The molecular weight excluding hydrogens is 140 g/mol. The lowest BCUT2D eigenvalue weighted by Gasteiger charge is -2.13. The zero-order valence-electron chi connectivity index (χ0n) is 5.38. The van der Waals surface area contributed by atoms with E-state index in [1.165, 1.54) is 0 Å². The number of rotatable bonds is 0. The summed E-state index contributed by atoms with van der Waals surface area (Å²) in [6.07, 6.45) is 0. The van der Waals surface area contributed by atoms with Gasteiger partial charge >= 0.3 is 12.1 Å². The fourth-order valence-electron chi connectivity index (χ4n) is 0.693. The molecule has 1 saturated heterocycles. The molecule has 1 aliphatic heterocycles. The van der Waals surface area contributed by atoms with E-state index in [0.717, 1.165) is 12.1 Å². The summed E-state index contributed by atoms with van der Waals surface area (Å²) < 4.78 is 0.0417. The molecule has 4 nitrogen and oxygen atoms in total. The van der Waals surface area contributed by atoms with Crippen LogP contribution < -0.4 is 8.94 Å². The molecule has 0 aromatic carbocycles. The van der Waals surface area contributed by atoms with Gasteiger partial charge in [-0.1, -0.05) is 0 Å². The van der Waals surface area contributed by atoms with Crippen LogP contribution in [0.1, 0.15) is 13.8 Å². The predicted molar refractivity (Wildman–Crippen MR) is 35.2 cm³/mol. The molecule has 0 aromatic rings. The molecule has 1 aliphatic rings. The Kier molecular flexibility index (Phi) is 1.97. The molecule has 1 rings (SSSR count). The highest BCUT2D eigenvalue weighted by Crippen LogP contribution is 1.93. The van der Waals surface area contributed by atoms with Gasteiger partial charge in [-0.15, -0.1) is 0 Å². The molecule has 54 valence electrons. The Morgan fingerprint density at radius 3 is 1.56 bits per heavy atom. The van der Waals surface area contributed by atoms with Gasteiger partial charge in [0, 0.05) is 0 Å². The van der Waals surface area contributed by atoms with Crippen molar-refractivity contribution < 1.29 is 8.94 Å². The third-order valence-electron chi connectivity index (χ3n) is 1.69. The Hall–Kier alpha value is 0.190. The van der Waals surface area contributed by atoms with Gasteiger partial charge in [0.1, 0.15) is 0 Å². The Bertz CT molecular complexity index is 101. The second kappa shape index (κ2) is 2.43. The first-order valence-corrected chi connectivity index (χ1v) is 3.70. The van der Waals surface area contributed by atoms with E-state index in [-0.39, 0.29) is 21.0 Å². The summed E-state index contributed by atoms with van der Waals surface area (Å²) in [6.45, 7) is 3.59. The Morgan fingerprint density at radius 2 is 1.44 bits per heavy atom. The van der Waals surface area contributed by atoms with Crippen molar-refractivity contribution in [3.63, 3.8) is 0 Å². The van der Waals surface area contributed by atoms with Crippen LogP contribution in [0.2, 0.25) is 0 Å². The van der Waals surface area contributed by atoms with Gasteiger partial charge in [-0.2, -0.15) is 0 Å². The van der Waals surface area contributed by atoms with Crippen molar-refractivity contribution in [1.82, 2.24) is 0 Å². The topological polar surface area (TPSA) is 55.0 Å². The van der Waals surface area contributed by atoms with Crippen LogP contribution in [0.25, 0.3) is 0 Å². The van der Waals surface area contributed by atoms with E-state index in [9.17, 15) is 10.4 Å². The average molecular weight is 150 g/mol. The van der Waals surface area contributed by atoms with Crippen molar-refractivity contribution >= 4 is 12.1 Å². The van der Waals surface area contributed by atoms with Crippen LogP contribution in [-0.4, -0.2) is 12.1 Å². The lowest BCUT2D eigenvalue weighted by Crippen LogP contribution is -3.09. The Balaban J connectivity index is 2.54. The minimum atomic E-state index is -0.0671. The number of hydrogen-bond donors (Lipinski definition) is 2. The van der Waals surface area contributed by atoms with E-state index in [2.05, 4.69) is 0 Å². The highest BCUT2D eigenvalue weighted by molar-refractivity contribution is 7.86. The fourth-order valence-corrected chi connectivity index (χ4v) is 1.67. The third kappa shape index (κ3) is 1.20. The molecule has 0 radical (unpaired) electrons. The minimum Gasteiger partial charge on any atom is -0.617 e. The lowest BCUT2D eigenvalue weighted by molar-refractivity contribution is -0.725. The molecule has 1 fully saturated rings. The van der Waals surface area contributed by atoms with Gasteiger partial charge < -0.3 is 10.4 Å². The SMILES string of the molecule is CC1C(C)[NH+]([O-])S[NH+]1[O-]. The Morgan fingerprint density at radius 1 is 1.11 bits per heavy atom. The van der Waals surface area contributed by atoms with Crippen LogP contribution in [0.4, 0.5) is 0 Å². The quantitative estimate of drug-likeness (QED) is 0.313. The molecule has 4 atom stereocenters. The van der Waals surface area contributed by atoms with E-state index < -0.39 is 0 Å². The fraction of sp³-hybridized carbons (Fsp3) is 1.00. The molecule has 0 spiro atoms. The predicted octanol–water partition coefficient (Wildman–Crippen LogP) is -1.89. The van der Waals surface area contributed by atoms with E-state index in [1.807, 2.05) is 0 Å². The van der Waals surface area contributed by atoms with Gasteiger partial charge in [-0.05, 0) is 13.8 Å². The smallest absolute Gasteiger partial charge is 0.321 e. The van der Waals surface area contributed by atoms with Crippen molar-refractivity contribution in [2.75, 3.05) is 0 Å². The molecule has 0 amide bonds. The second-order valence-corrected chi connectivity index (χ2v) is 3.33. The number of hydroxylamine groups is 2. The number of hydrogen-bond acceptors (Lipinski definition) is 3. The van der Waals surface area contributed by atoms with Crippen molar-refractivity contribution in [2.45, 2.75) is 25.9 Å². The minimum absolute atomic E-state index is 0.0208. The zero-order valence-corrected chi connectivity index (χ0v) is 6.20. The van der Waals surface area contributed by atoms with Gasteiger partial charge in [0.25, 0.3) is 0 Å². The molecule has 9 heavy (non-hydrogen) atoms. The maximum atomic E-state index is 10.7.